The van der Waals surface area contributed by atoms with Crippen molar-refractivity contribution in [3.05, 3.63) is 57.6 Å². The average Bonchev–Trinajstić information content (AvgIpc) is 2.83. The number of thiophene rings is 1. The second kappa shape index (κ2) is 6.30. The molecule has 0 amide bonds. The molecule has 1 aromatic carbocycles. The molecule has 0 aliphatic rings. The minimum Gasteiger partial charge on any atom is -0.397 e. The van der Waals surface area contributed by atoms with Gasteiger partial charge < -0.3 is 5.73 Å². The number of benzene rings is 1. The Bertz CT molecular complexity index is 869. The van der Waals surface area contributed by atoms with Crippen LogP contribution in [0.15, 0.2) is 36.4 Å². The molecule has 0 unspecified atom stereocenters. The molecule has 0 saturated heterocycles. The molecule has 5 heteroatoms. The van der Waals surface area contributed by atoms with E-state index in [1.54, 1.807) is 24.3 Å². The first-order valence-corrected chi connectivity index (χ1v) is 8.63. The van der Waals surface area contributed by atoms with Gasteiger partial charge in [-0.2, -0.15) is 0 Å². The smallest absolute Gasteiger partial charge is 0.205 e. The van der Waals surface area contributed by atoms with E-state index in [0.29, 0.717) is 27.1 Å². The largest absolute Gasteiger partial charge is 0.397 e. The van der Waals surface area contributed by atoms with E-state index < -0.39 is 0 Å². The van der Waals surface area contributed by atoms with Crippen molar-refractivity contribution in [2.75, 3.05) is 5.73 Å². The molecule has 0 radical (unpaired) electrons. The van der Waals surface area contributed by atoms with Crippen LogP contribution < -0.4 is 5.73 Å². The maximum absolute atomic E-state index is 12.7. The number of hydrogen-bond donors (Lipinski definition) is 1. The van der Waals surface area contributed by atoms with E-state index in [2.05, 4.69) is 18.8 Å². The molecule has 0 aliphatic heterocycles. The summed E-state index contributed by atoms with van der Waals surface area (Å²) < 4.78 is 0. The molecule has 118 valence electrons. The van der Waals surface area contributed by atoms with E-state index in [-0.39, 0.29) is 5.78 Å². The average molecular weight is 345 g/mol. The number of nitrogens with zero attached hydrogens (tertiary/aromatic N) is 1. The Morgan fingerprint density at radius 3 is 2.57 bits per heavy atom. The third-order valence-corrected chi connectivity index (χ3v) is 4.95. The number of nitrogen functional groups attached to an aromatic ring is 1. The number of anilines is 1. The zero-order valence-electron chi connectivity index (χ0n) is 13.0. The summed E-state index contributed by atoms with van der Waals surface area (Å²) in [5.74, 6) is 0.444. The fourth-order valence-electron chi connectivity index (χ4n) is 2.47. The van der Waals surface area contributed by atoms with Crippen LogP contribution in [0.4, 0.5) is 5.69 Å². The van der Waals surface area contributed by atoms with Gasteiger partial charge in [0.2, 0.25) is 5.78 Å². The summed E-state index contributed by atoms with van der Waals surface area (Å²) >= 11 is 7.23. The summed E-state index contributed by atoms with van der Waals surface area (Å²) in [6.45, 7) is 4.31. The Kier molecular flexibility index (Phi) is 4.37. The van der Waals surface area contributed by atoms with Crippen LogP contribution in [-0.2, 0) is 6.42 Å². The van der Waals surface area contributed by atoms with Gasteiger partial charge in [0.05, 0.1) is 5.69 Å². The molecule has 0 spiro atoms. The number of pyridine rings is 1. The molecular formula is C18H17ClN2OS. The molecule has 2 heterocycles. The highest BCUT2D eigenvalue weighted by molar-refractivity contribution is 7.21. The van der Waals surface area contributed by atoms with Crippen LogP contribution in [0, 0.1) is 5.92 Å². The second-order valence-corrected chi connectivity index (χ2v) is 7.37. The number of carbonyl (C=O) groups is 1. The Morgan fingerprint density at radius 2 is 1.91 bits per heavy atom. The molecular weight excluding hydrogens is 328 g/mol. The van der Waals surface area contributed by atoms with Crippen molar-refractivity contribution < 1.29 is 4.79 Å². The highest BCUT2D eigenvalue weighted by Gasteiger charge is 2.19. The number of ketones is 1. The van der Waals surface area contributed by atoms with Crippen molar-refractivity contribution >= 4 is 44.6 Å². The Balaban J connectivity index is 2.02. The fourth-order valence-corrected chi connectivity index (χ4v) is 3.67. The Labute approximate surface area is 144 Å². The van der Waals surface area contributed by atoms with Crippen molar-refractivity contribution in [2.45, 2.75) is 20.3 Å². The lowest BCUT2D eigenvalue weighted by atomic mass is 10.1. The van der Waals surface area contributed by atoms with E-state index in [0.717, 1.165) is 22.3 Å². The second-order valence-electron chi connectivity index (χ2n) is 5.93. The van der Waals surface area contributed by atoms with Crippen molar-refractivity contribution in [2.24, 2.45) is 5.92 Å². The van der Waals surface area contributed by atoms with Crippen LogP contribution in [0.1, 0.15) is 34.8 Å². The fraction of sp³-hybridized carbons (Fsp3) is 0.222. The summed E-state index contributed by atoms with van der Waals surface area (Å²) in [4.78, 5) is 18.7. The molecule has 0 atom stereocenters. The van der Waals surface area contributed by atoms with E-state index in [4.69, 9.17) is 17.3 Å². The molecule has 0 aliphatic carbocycles. The van der Waals surface area contributed by atoms with Crippen molar-refractivity contribution in [3.8, 4) is 0 Å². The third kappa shape index (κ3) is 3.23. The van der Waals surface area contributed by atoms with Gasteiger partial charge >= 0.3 is 0 Å². The summed E-state index contributed by atoms with van der Waals surface area (Å²) in [5, 5.41) is 1.45. The Hall–Kier alpha value is -1.91. The zero-order chi connectivity index (χ0) is 16.6. The van der Waals surface area contributed by atoms with Crippen molar-refractivity contribution in [3.63, 3.8) is 0 Å². The number of rotatable bonds is 4. The van der Waals surface area contributed by atoms with Crippen LogP contribution in [0.25, 0.3) is 10.2 Å². The topological polar surface area (TPSA) is 56.0 Å². The lowest BCUT2D eigenvalue weighted by Gasteiger charge is -2.03. The van der Waals surface area contributed by atoms with Crippen LogP contribution >= 0.6 is 22.9 Å². The molecule has 3 rings (SSSR count). The van der Waals surface area contributed by atoms with Gasteiger partial charge in [-0.05, 0) is 48.7 Å². The zero-order valence-corrected chi connectivity index (χ0v) is 14.5. The highest BCUT2D eigenvalue weighted by Crippen LogP contribution is 2.34. The van der Waals surface area contributed by atoms with Gasteiger partial charge in [0.15, 0.2) is 0 Å². The van der Waals surface area contributed by atoms with E-state index in [9.17, 15) is 4.79 Å². The van der Waals surface area contributed by atoms with Crippen molar-refractivity contribution in [1.29, 1.82) is 0 Å². The van der Waals surface area contributed by atoms with Crippen LogP contribution in [0.3, 0.4) is 0 Å². The molecule has 0 bridgehead atoms. The number of halogens is 1. The van der Waals surface area contributed by atoms with Gasteiger partial charge in [0.1, 0.15) is 9.71 Å². The predicted octanol–water partition coefficient (Wildman–Crippen LogP) is 4.96. The normalized spacial score (nSPS) is 11.3. The molecule has 3 aromatic rings. The van der Waals surface area contributed by atoms with Gasteiger partial charge in [-0.1, -0.05) is 25.4 Å². The van der Waals surface area contributed by atoms with Crippen LogP contribution in [0.2, 0.25) is 5.02 Å². The van der Waals surface area contributed by atoms with Gasteiger partial charge in [0.25, 0.3) is 0 Å². The van der Waals surface area contributed by atoms with E-state index in [1.807, 2.05) is 12.1 Å². The quantitative estimate of drug-likeness (QED) is 0.680. The molecule has 2 N–H and O–H groups in total. The summed E-state index contributed by atoms with van der Waals surface area (Å²) in [6.07, 6.45) is 0.911. The lowest BCUT2D eigenvalue weighted by molar-refractivity contribution is 0.104. The standard InChI is InChI=1S/C18H17ClN2OS/c1-10(2)9-13-7-8-14-15(20)17(23-18(14)21-13)16(22)11-3-5-12(19)6-4-11/h3-8,10H,9,20H2,1-2H3. The predicted molar refractivity (Wildman–Crippen MR) is 97.5 cm³/mol. The number of hydrogen-bond acceptors (Lipinski definition) is 4. The summed E-state index contributed by atoms with van der Waals surface area (Å²) in [5.41, 5.74) is 8.30. The van der Waals surface area contributed by atoms with Crippen molar-refractivity contribution in [1.82, 2.24) is 4.98 Å². The van der Waals surface area contributed by atoms with Gasteiger partial charge in [-0.15, -0.1) is 11.3 Å². The maximum Gasteiger partial charge on any atom is 0.205 e. The van der Waals surface area contributed by atoms with E-state index in [1.165, 1.54) is 11.3 Å². The van der Waals surface area contributed by atoms with Gasteiger partial charge in [-0.3, -0.25) is 4.79 Å². The lowest BCUT2D eigenvalue weighted by Crippen LogP contribution is -2.01. The molecule has 0 fully saturated rings. The summed E-state index contributed by atoms with van der Waals surface area (Å²) in [6, 6.07) is 10.8. The van der Waals surface area contributed by atoms with Crippen LogP contribution in [-0.4, -0.2) is 10.8 Å². The molecule has 2 aromatic heterocycles. The first-order chi connectivity index (χ1) is 11.0. The molecule has 23 heavy (non-hydrogen) atoms. The number of carbonyl (C=O) groups excluding carboxylic acids is 1. The minimum atomic E-state index is -0.0902. The first kappa shape index (κ1) is 16.0. The number of aromatic nitrogens is 1. The van der Waals surface area contributed by atoms with Gasteiger partial charge in [0, 0.05) is 21.7 Å². The maximum atomic E-state index is 12.7. The Morgan fingerprint density at radius 1 is 1.22 bits per heavy atom. The third-order valence-electron chi connectivity index (χ3n) is 3.58. The first-order valence-electron chi connectivity index (χ1n) is 7.44. The molecule has 0 saturated carbocycles. The number of fused-ring (bicyclic) bond motifs is 1. The number of nitrogens with two attached hydrogens (primary N) is 1. The molecule has 3 nitrogen and oxygen atoms in total. The van der Waals surface area contributed by atoms with Crippen LogP contribution in [0.5, 0.6) is 0 Å². The van der Waals surface area contributed by atoms with E-state index >= 15 is 0 Å². The highest BCUT2D eigenvalue weighted by atomic mass is 35.5. The minimum absolute atomic E-state index is 0.0902. The van der Waals surface area contributed by atoms with Gasteiger partial charge in [-0.25, -0.2) is 4.98 Å². The monoisotopic (exact) mass is 344 g/mol. The SMILES string of the molecule is CC(C)Cc1ccc2c(N)c(C(=O)c3ccc(Cl)cc3)sc2n1. The summed E-state index contributed by atoms with van der Waals surface area (Å²) in [7, 11) is 0.